The summed E-state index contributed by atoms with van der Waals surface area (Å²) in [6, 6.07) is 19.7. The molecule has 1 aromatic heterocycles. The van der Waals surface area contributed by atoms with E-state index in [4.69, 9.17) is 9.72 Å². The number of benzene rings is 2. The fraction of sp³-hybridized carbons (Fsp3) is 0.419. The van der Waals surface area contributed by atoms with Crippen LogP contribution in [0.15, 0.2) is 54.6 Å². The van der Waals surface area contributed by atoms with Gasteiger partial charge in [0.15, 0.2) is 0 Å². The highest BCUT2D eigenvalue weighted by atomic mass is 16.5. The molecule has 192 valence electrons. The molecule has 6 nitrogen and oxygen atoms in total. The Morgan fingerprint density at radius 3 is 2.59 bits per heavy atom. The number of aromatic nitrogens is 1. The van der Waals surface area contributed by atoms with Crippen molar-refractivity contribution >= 4 is 22.8 Å². The minimum Gasteiger partial charge on any atom is -0.466 e. The van der Waals surface area contributed by atoms with Crippen molar-refractivity contribution in [3.8, 4) is 17.3 Å². The smallest absolute Gasteiger partial charge is 0.313 e. The molecule has 1 saturated carbocycles. The molecule has 2 aromatic carbocycles. The second-order valence-electron chi connectivity index (χ2n) is 9.94. The first-order valence-corrected chi connectivity index (χ1v) is 13.3. The molecule has 0 aliphatic heterocycles. The molecule has 0 atom stereocenters. The van der Waals surface area contributed by atoms with Gasteiger partial charge in [-0.05, 0) is 56.0 Å². The summed E-state index contributed by atoms with van der Waals surface area (Å²) >= 11 is 0. The van der Waals surface area contributed by atoms with Crippen molar-refractivity contribution in [1.82, 2.24) is 9.88 Å². The third-order valence-corrected chi connectivity index (χ3v) is 7.31. The highest BCUT2D eigenvalue weighted by Crippen LogP contribution is 2.40. The number of carbonyl (C=O) groups is 2. The summed E-state index contributed by atoms with van der Waals surface area (Å²) in [4.78, 5) is 32.9. The van der Waals surface area contributed by atoms with Gasteiger partial charge in [0.1, 0.15) is 0 Å². The van der Waals surface area contributed by atoms with Crippen molar-refractivity contribution in [2.45, 2.75) is 65.3 Å². The number of fused-ring (bicyclic) bond motifs is 1. The third-order valence-electron chi connectivity index (χ3n) is 7.31. The van der Waals surface area contributed by atoms with Crippen LogP contribution in [-0.4, -0.2) is 34.9 Å². The van der Waals surface area contributed by atoms with E-state index in [1.54, 1.807) is 6.07 Å². The van der Waals surface area contributed by atoms with Crippen LogP contribution in [0, 0.1) is 16.7 Å². The first-order valence-electron chi connectivity index (χ1n) is 13.3. The lowest BCUT2D eigenvalue weighted by Gasteiger charge is -2.34. The molecule has 0 bridgehead atoms. The van der Waals surface area contributed by atoms with Gasteiger partial charge in [-0.15, -0.1) is 0 Å². The predicted molar refractivity (Wildman–Crippen MR) is 144 cm³/mol. The maximum absolute atomic E-state index is 13.3. The summed E-state index contributed by atoms with van der Waals surface area (Å²) in [5.41, 5.74) is 3.38. The molecule has 0 unspecified atom stereocenters. The zero-order valence-electron chi connectivity index (χ0n) is 21.8. The minimum absolute atomic E-state index is 0.0825. The van der Waals surface area contributed by atoms with Crippen LogP contribution in [0.5, 0.6) is 0 Å². The maximum Gasteiger partial charge on any atom is 0.313 e. The van der Waals surface area contributed by atoms with Gasteiger partial charge in [0, 0.05) is 30.5 Å². The quantitative estimate of drug-likeness (QED) is 0.302. The van der Waals surface area contributed by atoms with E-state index >= 15 is 0 Å². The molecule has 1 amide bonds. The van der Waals surface area contributed by atoms with Crippen LogP contribution in [0.25, 0.3) is 22.2 Å². The van der Waals surface area contributed by atoms with Gasteiger partial charge in [-0.25, -0.2) is 4.98 Å². The maximum atomic E-state index is 13.3. The topological polar surface area (TPSA) is 83.3 Å². The summed E-state index contributed by atoms with van der Waals surface area (Å²) in [7, 11) is 0. The van der Waals surface area contributed by atoms with Crippen molar-refractivity contribution in [3.05, 3.63) is 65.7 Å². The van der Waals surface area contributed by atoms with Crippen molar-refractivity contribution in [2.75, 3.05) is 13.2 Å². The van der Waals surface area contributed by atoms with E-state index in [2.05, 4.69) is 19.1 Å². The van der Waals surface area contributed by atoms with Crippen molar-refractivity contribution in [3.63, 3.8) is 0 Å². The number of rotatable bonds is 10. The lowest BCUT2D eigenvalue weighted by atomic mass is 9.85. The highest BCUT2D eigenvalue weighted by molar-refractivity contribution is 5.84. The van der Waals surface area contributed by atoms with E-state index in [-0.39, 0.29) is 11.9 Å². The van der Waals surface area contributed by atoms with Crippen LogP contribution >= 0.6 is 0 Å². The standard InChI is InChI=1S/C31H35N3O3/c1-3-5-12-29(35)34(22-31(17-8-9-18-31)30(36)37-4-2)21-23-13-15-27-24(19-23)14-16-28(33-27)26-11-7-6-10-25(26)20-32/h6-7,10-11,13-16,19H,3-5,8-9,12,17-18,21-22H2,1-2H3. The van der Waals surface area contributed by atoms with Gasteiger partial charge in [-0.1, -0.05) is 56.5 Å². The fourth-order valence-electron chi connectivity index (χ4n) is 5.29. The number of pyridine rings is 1. The molecule has 0 N–H and O–H groups in total. The Balaban J connectivity index is 1.61. The summed E-state index contributed by atoms with van der Waals surface area (Å²) in [5, 5.41) is 10.4. The molecule has 1 aliphatic rings. The van der Waals surface area contributed by atoms with Gasteiger partial charge >= 0.3 is 5.97 Å². The molecule has 0 radical (unpaired) electrons. The second kappa shape index (κ2) is 12.0. The Morgan fingerprint density at radius 1 is 1.08 bits per heavy atom. The molecular weight excluding hydrogens is 462 g/mol. The first kappa shape index (κ1) is 26.3. The first-order chi connectivity index (χ1) is 18.0. The number of esters is 1. The number of amides is 1. The monoisotopic (exact) mass is 497 g/mol. The van der Waals surface area contributed by atoms with Crippen molar-refractivity contribution in [2.24, 2.45) is 5.41 Å². The van der Waals surface area contributed by atoms with E-state index < -0.39 is 5.41 Å². The molecule has 4 rings (SSSR count). The Labute approximate surface area is 219 Å². The summed E-state index contributed by atoms with van der Waals surface area (Å²) in [6.07, 6.45) is 5.74. The largest absolute Gasteiger partial charge is 0.466 e. The molecule has 3 aromatic rings. The molecule has 1 fully saturated rings. The van der Waals surface area contributed by atoms with Gasteiger partial charge in [-0.3, -0.25) is 9.59 Å². The molecule has 0 spiro atoms. The van der Waals surface area contributed by atoms with E-state index in [9.17, 15) is 14.9 Å². The lowest BCUT2D eigenvalue weighted by molar-refractivity contribution is -0.157. The molecule has 6 heteroatoms. The Bertz CT molecular complexity index is 1300. The number of nitriles is 1. The van der Waals surface area contributed by atoms with Crippen LogP contribution in [0.2, 0.25) is 0 Å². The highest BCUT2D eigenvalue weighted by Gasteiger charge is 2.44. The van der Waals surface area contributed by atoms with E-state index in [0.717, 1.165) is 66.2 Å². The Kier molecular flexibility index (Phi) is 8.55. The predicted octanol–water partition coefficient (Wildman–Crippen LogP) is 6.42. The van der Waals surface area contributed by atoms with Crippen LogP contribution in [0.4, 0.5) is 0 Å². The van der Waals surface area contributed by atoms with Gasteiger partial charge in [0.2, 0.25) is 5.91 Å². The zero-order valence-corrected chi connectivity index (χ0v) is 21.8. The van der Waals surface area contributed by atoms with Crippen LogP contribution in [0.1, 0.15) is 69.9 Å². The molecule has 37 heavy (non-hydrogen) atoms. The second-order valence-corrected chi connectivity index (χ2v) is 9.94. The zero-order chi connectivity index (χ0) is 26.3. The van der Waals surface area contributed by atoms with Gasteiger partial charge < -0.3 is 9.64 Å². The molecule has 1 aliphatic carbocycles. The molecular formula is C31H35N3O3. The Morgan fingerprint density at radius 2 is 1.86 bits per heavy atom. The molecule has 0 saturated heterocycles. The number of hydrogen-bond acceptors (Lipinski definition) is 5. The average Bonchev–Trinajstić information content (AvgIpc) is 3.41. The number of nitrogens with zero attached hydrogens (tertiary/aromatic N) is 3. The van der Waals surface area contributed by atoms with Crippen molar-refractivity contribution in [1.29, 1.82) is 5.26 Å². The van der Waals surface area contributed by atoms with Crippen LogP contribution in [0.3, 0.4) is 0 Å². The fourth-order valence-corrected chi connectivity index (χ4v) is 5.29. The van der Waals surface area contributed by atoms with Gasteiger partial charge in [-0.2, -0.15) is 5.26 Å². The average molecular weight is 498 g/mol. The minimum atomic E-state index is -0.612. The number of carbonyl (C=O) groups excluding carboxylic acids is 2. The van der Waals surface area contributed by atoms with E-state index in [1.165, 1.54) is 0 Å². The third kappa shape index (κ3) is 5.99. The summed E-state index contributed by atoms with van der Waals surface area (Å²) in [6.45, 7) is 5.10. The van der Waals surface area contributed by atoms with Gasteiger partial charge in [0.05, 0.1) is 34.9 Å². The molecule has 1 heterocycles. The van der Waals surface area contributed by atoms with Crippen LogP contribution < -0.4 is 0 Å². The SMILES string of the molecule is CCCCC(=O)N(Cc1ccc2nc(-c3ccccc3C#N)ccc2c1)CC1(C(=O)OCC)CCCC1. The normalized spacial score (nSPS) is 14.3. The summed E-state index contributed by atoms with van der Waals surface area (Å²) < 4.78 is 5.46. The lowest BCUT2D eigenvalue weighted by Crippen LogP contribution is -2.44. The number of unbranched alkanes of at least 4 members (excludes halogenated alkanes) is 1. The number of hydrogen-bond donors (Lipinski definition) is 0. The van der Waals surface area contributed by atoms with E-state index in [0.29, 0.717) is 31.7 Å². The Hall–Kier alpha value is -3.72. The summed E-state index contributed by atoms with van der Waals surface area (Å²) in [5.74, 6) is -0.0900. The van der Waals surface area contributed by atoms with Crippen LogP contribution in [-0.2, 0) is 20.9 Å². The van der Waals surface area contributed by atoms with Gasteiger partial charge in [0.25, 0.3) is 0 Å². The van der Waals surface area contributed by atoms with E-state index in [1.807, 2.05) is 54.3 Å². The van der Waals surface area contributed by atoms with Crippen molar-refractivity contribution < 1.29 is 14.3 Å². The number of ether oxygens (including phenoxy) is 1.